The summed E-state index contributed by atoms with van der Waals surface area (Å²) < 4.78 is 13.4. The molecule has 0 saturated carbocycles. The van der Waals surface area contributed by atoms with Gasteiger partial charge in [-0.1, -0.05) is 42.5 Å². The van der Waals surface area contributed by atoms with Gasteiger partial charge in [-0.15, -0.1) is 0 Å². The quantitative estimate of drug-likeness (QED) is 0.406. The van der Waals surface area contributed by atoms with E-state index in [1.807, 2.05) is 6.07 Å². The average Bonchev–Trinajstić information content (AvgIpc) is 3.40. The summed E-state index contributed by atoms with van der Waals surface area (Å²) in [6.07, 6.45) is 1.16. The Morgan fingerprint density at radius 1 is 0.771 bits per heavy atom. The number of benzene rings is 3. The highest BCUT2D eigenvalue weighted by Gasteiger charge is 2.20. The molecule has 1 fully saturated rings. The summed E-state index contributed by atoms with van der Waals surface area (Å²) in [6, 6.07) is 23.5. The van der Waals surface area contributed by atoms with Gasteiger partial charge in [0.15, 0.2) is 11.5 Å². The number of hydrogen-bond donors (Lipinski definition) is 0. The van der Waals surface area contributed by atoms with Gasteiger partial charge in [0.05, 0.1) is 17.6 Å². The molecule has 4 aromatic rings. The van der Waals surface area contributed by atoms with Crippen LogP contribution in [-0.2, 0) is 19.6 Å². The SMILES string of the molecule is Cc1ccccc1Cn1c(CN2CCCN(Cc3ccc4c(c3)OCO4)CC2)nc2ccccc21. The fourth-order valence-electron chi connectivity index (χ4n) is 5.22. The van der Waals surface area contributed by atoms with Crippen molar-refractivity contribution in [1.82, 2.24) is 19.4 Å². The van der Waals surface area contributed by atoms with Crippen LogP contribution in [0.4, 0.5) is 0 Å². The van der Waals surface area contributed by atoms with Crippen molar-refractivity contribution in [1.29, 1.82) is 0 Å². The Kier molecular flexibility index (Phi) is 6.15. The molecule has 6 heteroatoms. The Balaban J connectivity index is 1.16. The number of fused-ring (bicyclic) bond motifs is 2. The van der Waals surface area contributed by atoms with E-state index in [2.05, 4.69) is 82.0 Å². The van der Waals surface area contributed by atoms with Crippen molar-refractivity contribution in [2.75, 3.05) is 33.0 Å². The second-order valence-corrected chi connectivity index (χ2v) is 9.62. The topological polar surface area (TPSA) is 42.8 Å². The van der Waals surface area contributed by atoms with Gasteiger partial charge < -0.3 is 14.0 Å². The first-order chi connectivity index (χ1) is 17.2. The van der Waals surface area contributed by atoms with Crippen LogP contribution in [0.3, 0.4) is 0 Å². The minimum Gasteiger partial charge on any atom is -0.454 e. The molecule has 0 atom stereocenters. The molecule has 3 aromatic carbocycles. The van der Waals surface area contributed by atoms with Crippen LogP contribution in [0.25, 0.3) is 11.0 Å². The number of aromatic nitrogens is 2. The van der Waals surface area contributed by atoms with Gasteiger partial charge in [-0.05, 0) is 67.4 Å². The third-order valence-electron chi connectivity index (χ3n) is 7.21. The van der Waals surface area contributed by atoms with E-state index in [0.717, 1.165) is 75.1 Å². The number of ether oxygens (including phenoxy) is 2. The van der Waals surface area contributed by atoms with Gasteiger partial charge in [0.25, 0.3) is 0 Å². The van der Waals surface area contributed by atoms with Crippen molar-refractivity contribution in [2.45, 2.75) is 33.0 Å². The van der Waals surface area contributed by atoms with E-state index in [4.69, 9.17) is 14.5 Å². The molecule has 1 aromatic heterocycles. The molecule has 6 rings (SSSR count). The van der Waals surface area contributed by atoms with Crippen LogP contribution >= 0.6 is 0 Å². The maximum atomic E-state index is 5.56. The largest absolute Gasteiger partial charge is 0.454 e. The van der Waals surface area contributed by atoms with Crippen LogP contribution < -0.4 is 9.47 Å². The number of nitrogens with zero attached hydrogens (tertiary/aromatic N) is 4. The Bertz CT molecular complexity index is 1330. The maximum absolute atomic E-state index is 5.56. The van der Waals surface area contributed by atoms with Crippen LogP contribution in [0.15, 0.2) is 66.7 Å². The molecule has 180 valence electrons. The Labute approximate surface area is 206 Å². The van der Waals surface area contributed by atoms with Gasteiger partial charge >= 0.3 is 0 Å². The monoisotopic (exact) mass is 468 g/mol. The predicted molar refractivity (Wildman–Crippen MR) is 138 cm³/mol. The summed E-state index contributed by atoms with van der Waals surface area (Å²) in [5.74, 6) is 2.87. The van der Waals surface area contributed by atoms with Crippen molar-refractivity contribution in [3.63, 3.8) is 0 Å². The molecular formula is C29H32N4O2. The first-order valence-corrected chi connectivity index (χ1v) is 12.5. The third kappa shape index (κ3) is 4.77. The summed E-state index contributed by atoms with van der Waals surface area (Å²) >= 11 is 0. The number of rotatable bonds is 6. The molecule has 2 aliphatic rings. The summed E-state index contributed by atoms with van der Waals surface area (Å²) in [7, 11) is 0. The number of hydrogen-bond acceptors (Lipinski definition) is 5. The van der Waals surface area contributed by atoms with Gasteiger partial charge in [-0.2, -0.15) is 0 Å². The lowest BCUT2D eigenvalue weighted by Gasteiger charge is -2.22. The van der Waals surface area contributed by atoms with Crippen LogP contribution in [0.5, 0.6) is 11.5 Å². The lowest BCUT2D eigenvalue weighted by molar-refractivity contribution is 0.174. The molecule has 35 heavy (non-hydrogen) atoms. The van der Waals surface area contributed by atoms with E-state index >= 15 is 0 Å². The average molecular weight is 469 g/mol. The normalized spacial score (nSPS) is 16.6. The molecule has 0 spiro atoms. The minimum absolute atomic E-state index is 0.325. The minimum atomic E-state index is 0.325. The molecule has 0 bridgehead atoms. The zero-order valence-corrected chi connectivity index (χ0v) is 20.3. The maximum Gasteiger partial charge on any atom is 0.231 e. The van der Waals surface area contributed by atoms with Crippen molar-refractivity contribution < 1.29 is 9.47 Å². The van der Waals surface area contributed by atoms with E-state index < -0.39 is 0 Å². The Hall–Kier alpha value is -3.35. The number of para-hydroxylation sites is 2. The molecule has 0 amide bonds. The smallest absolute Gasteiger partial charge is 0.231 e. The molecule has 1 saturated heterocycles. The first kappa shape index (κ1) is 22.1. The highest BCUT2D eigenvalue weighted by molar-refractivity contribution is 5.76. The van der Waals surface area contributed by atoms with E-state index in [-0.39, 0.29) is 0 Å². The Morgan fingerprint density at radius 3 is 2.43 bits per heavy atom. The first-order valence-electron chi connectivity index (χ1n) is 12.5. The second kappa shape index (κ2) is 9.72. The zero-order valence-electron chi connectivity index (χ0n) is 20.3. The fraction of sp³-hybridized carbons (Fsp3) is 0.345. The number of imidazole rings is 1. The molecule has 6 nitrogen and oxygen atoms in total. The van der Waals surface area contributed by atoms with Crippen molar-refractivity contribution in [3.8, 4) is 11.5 Å². The van der Waals surface area contributed by atoms with Crippen LogP contribution in [-0.4, -0.2) is 52.3 Å². The summed E-state index contributed by atoms with van der Waals surface area (Å²) in [5, 5.41) is 0. The van der Waals surface area contributed by atoms with Crippen molar-refractivity contribution in [2.24, 2.45) is 0 Å². The lowest BCUT2D eigenvalue weighted by Crippen LogP contribution is -2.31. The zero-order chi connectivity index (χ0) is 23.6. The summed E-state index contributed by atoms with van der Waals surface area (Å²) in [4.78, 5) is 10.2. The van der Waals surface area contributed by atoms with Gasteiger partial charge in [0.2, 0.25) is 6.79 Å². The van der Waals surface area contributed by atoms with E-state index in [9.17, 15) is 0 Å². The summed E-state index contributed by atoms with van der Waals surface area (Å²) in [5.41, 5.74) is 6.25. The van der Waals surface area contributed by atoms with E-state index in [0.29, 0.717) is 6.79 Å². The molecule has 0 aliphatic carbocycles. The molecule has 0 radical (unpaired) electrons. The Morgan fingerprint density at radius 2 is 1.54 bits per heavy atom. The van der Waals surface area contributed by atoms with Crippen molar-refractivity contribution in [3.05, 3.63) is 89.2 Å². The highest BCUT2D eigenvalue weighted by Crippen LogP contribution is 2.33. The molecule has 0 N–H and O–H groups in total. The summed E-state index contributed by atoms with van der Waals surface area (Å²) in [6.45, 7) is 9.46. The van der Waals surface area contributed by atoms with E-state index in [1.54, 1.807) is 0 Å². The second-order valence-electron chi connectivity index (χ2n) is 9.62. The third-order valence-corrected chi connectivity index (χ3v) is 7.21. The van der Waals surface area contributed by atoms with E-state index in [1.165, 1.54) is 22.2 Å². The number of aryl methyl sites for hydroxylation is 1. The van der Waals surface area contributed by atoms with Gasteiger partial charge in [-0.3, -0.25) is 9.80 Å². The molecular weight excluding hydrogens is 436 g/mol. The van der Waals surface area contributed by atoms with Crippen LogP contribution in [0, 0.1) is 6.92 Å². The van der Waals surface area contributed by atoms with Gasteiger partial charge in [-0.25, -0.2) is 4.98 Å². The molecule has 0 unspecified atom stereocenters. The predicted octanol–water partition coefficient (Wildman–Crippen LogP) is 4.83. The molecule has 2 aliphatic heterocycles. The van der Waals surface area contributed by atoms with Crippen molar-refractivity contribution >= 4 is 11.0 Å². The fourth-order valence-corrected chi connectivity index (χ4v) is 5.22. The highest BCUT2D eigenvalue weighted by atomic mass is 16.7. The van der Waals surface area contributed by atoms with Gasteiger partial charge in [0, 0.05) is 26.2 Å². The lowest BCUT2D eigenvalue weighted by atomic mass is 10.1. The van der Waals surface area contributed by atoms with Gasteiger partial charge in [0.1, 0.15) is 5.82 Å². The molecule has 3 heterocycles. The van der Waals surface area contributed by atoms with Crippen LogP contribution in [0.2, 0.25) is 0 Å². The van der Waals surface area contributed by atoms with Crippen LogP contribution in [0.1, 0.15) is 28.9 Å². The standard InChI is InChI=1S/C29H32N4O2/c1-22-7-2-3-8-24(22)19-33-26-10-5-4-9-25(26)30-29(33)20-32-14-6-13-31(15-16-32)18-23-11-12-27-28(17-23)35-21-34-27/h2-5,7-12,17H,6,13-16,18-21H2,1H3.